The number of nitrogen functional groups attached to an aromatic ring is 1. The predicted octanol–water partition coefficient (Wildman–Crippen LogP) is 1.80. The first-order valence-corrected chi connectivity index (χ1v) is 15.9. The Labute approximate surface area is 251 Å². The number of hydrogen-bond donors (Lipinski definition) is 4. The van der Waals surface area contributed by atoms with Crippen LogP contribution in [0.15, 0.2) is 63.7 Å². The summed E-state index contributed by atoms with van der Waals surface area (Å²) in [4.78, 5) is 42.4. The van der Waals surface area contributed by atoms with Gasteiger partial charge in [0, 0.05) is 38.9 Å². The molecule has 6 rings (SSSR count). The second-order valence-corrected chi connectivity index (χ2v) is 13.5. The van der Waals surface area contributed by atoms with E-state index in [1.165, 1.54) is 40.5 Å². The van der Waals surface area contributed by atoms with Crippen LogP contribution in [0.5, 0.6) is 0 Å². The number of ether oxygens (including phenoxy) is 2. The molecule has 3 aromatic rings. The Hall–Kier alpha value is -4.11. The Morgan fingerprint density at radius 2 is 1.81 bits per heavy atom. The van der Waals surface area contributed by atoms with Gasteiger partial charge in [-0.3, -0.25) is 19.8 Å². The molecule has 2 saturated heterocycles. The molecule has 3 aliphatic heterocycles. The van der Waals surface area contributed by atoms with Gasteiger partial charge in [-0.25, -0.2) is 8.42 Å². The standard InChI is InChI=1S/C29H29N5O7S2/c1-16(22-11-18(14-42-22)26(30)31)33-28(37)21-12-29(40-8-9-41-29)15-34(21)25(35)13-32-27(36)17-6-7-24-20(10-17)19-4-2-3-5-23(19)43(24,38)39/h2-7,10-11,14,16,21H,8-9,12-13,15H2,1H3,(H3,30,31)(H,32,36)(H,33,37)/t16?,21-/m0/s1. The maximum Gasteiger partial charge on any atom is 0.251 e. The van der Waals surface area contributed by atoms with Gasteiger partial charge in [0.05, 0.1) is 42.1 Å². The van der Waals surface area contributed by atoms with Crippen LogP contribution in [0, 0.1) is 5.41 Å². The van der Waals surface area contributed by atoms with Crippen molar-refractivity contribution in [2.24, 2.45) is 5.73 Å². The van der Waals surface area contributed by atoms with Gasteiger partial charge in [0.2, 0.25) is 21.7 Å². The molecule has 5 N–H and O–H groups in total. The molecule has 43 heavy (non-hydrogen) atoms. The average molecular weight is 624 g/mol. The van der Waals surface area contributed by atoms with Crippen molar-refractivity contribution in [1.82, 2.24) is 15.5 Å². The highest BCUT2D eigenvalue weighted by molar-refractivity contribution is 7.92. The van der Waals surface area contributed by atoms with Crippen LogP contribution in [-0.4, -0.2) is 75.0 Å². The number of carbonyl (C=O) groups is 3. The molecule has 1 spiro atoms. The number of nitrogens with two attached hydrogens (primary N) is 1. The molecule has 12 nitrogen and oxygen atoms in total. The maximum absolute atomic E-state index is 13.4. The number of amides is 3. The highest BCUT2D eigenvalue weighted by Crippen LogP contribution is 2.43. The van der Waals surface area contributed by atoms with E-state index < -0.39 is 52.0 Å². The van der Waals surface area contributed by atoms with Gasteiger partial charge in [-0.05, 0) is 37.3 Å². The van der Waals surface area contributed by atoms with Gasteiger partial charge < -0.3 is 30.7 Å². The first kappa shape index (κ1) is 29.0. The fraction of sp³-hybridized carbons (Fsp3) is 0.310. The zero-order valence-electron chi connectivity index (χ0n) is 23.1. The third-order valence-corrected chi connectivity index (χ3v) is 10.8. The summed E-state index contributed by atoms with van der Waals surface area (Å²) in [7, 11) is -3.67. The van der Waals surface area contributed by atoms with Crippen LogP contribution in [0.1, 0.15) is 40.2 Å². The number of hydrogen-bond acceptors (Lipinski definition) is 9. The van der Waals surface area contributed by atoms with Crippen LogP contribution in [0.25, 0.3) is 11.1 Å². The fourth-order valence-corrected chi connectivity index (χ4v) is 8.24. The van der Waals surface area contributed by atoms with E-state index in [4.69, 9.17) is 20.6 Å². The second-order valence-electron chi connectivity index (χ2n) is 10.6. The van der Waals surface area contributed by atoms with Crippen LogP contribution in [0.3, 0.4) is 0 Å². The van der Waals surface area contributed by atoms with Gasteiger partial charge in [-0.1, -0.05) is 18.2 Å². The molecule has 3 aliphatic rings. The highest BCUT2D eigenvalue weighted by Gasteiger charge is 2.52. The summed E-state index contributed by atoms with van der Waals surface area (Å²) in [5.74, 6) is -2.63. The molecule has 1 unspecified atom stereocenters. The topological polar surface area (TPSA) is 181 Å². The molecule has 4 heterocycles. The van der Waals surface area contributed by atoms with E-state index in [2.05, 4.69) is 10.6 Å². The van der Waals surface area contributed by atoms with Gasteiger partial charge >= 0.3 is 0 Å². The van der Waals surface area contributed by atoms with Crippen molar-refractivity contribution in [1.29, 1.82) is 5.41 Å². The molecule has 0 bridgehead atoms. The lowest BCUT2D eigenvalue weighted by atomic mass is 10.0. The molecule has 0 saturated carbocycles. The van der Waals surface area contributed by atoms with Gasteiger partial charge in [0.15, 0.2) is 5.79 Å². The maximum atomic E-state index is 13.4. The first-order valence-electron chi connectivity index (χ1n) is 13.6. The van der Waals surface area contributed by atoms with Crippen LogP contribution in [0.2, 0.25) is 0 Å². The smallest absolute Gasteiger partial charge is 0.251 e. The van der Waals surface area contributed by atoms with E-state index in [1.54, 1.807) is 36.6 Å². The van der Waals surface area contributed by atoms with E-state index in [0.717, 1.165) is 4.88 Å². The minimum atomic E-state index is -3.67. The molecule has 1 aromatic heterocycles. The lowest BCUT2D eigenvalue weighted by Gasteiger charge is -2.25. The third kappa shape index (κ3) is 5.20. The Kier molecular flexibility index (Phi) is 7.32. The first-order chi connectivity index (χ1) is 20.5. The van der Waals surface area contributed by atoms with Crippen molar-refractivity contribution < 1.29 is 32.3 Å². The van der Waals surface area contributed by atoms with Gasteiger partial charge in [0.25, 0.3) is 5.91 Å². The molecule has 2 fully saturated rings. The number of thiophene rings is 1. The third-order valence-electron chi connectivity index (χ3n) is 7.84. The summed E-state index contributed by atoms with van der Waals surface area (Å²) in [5.41, 5.74) is 7.27. The summed E-state index contributed by atoms with van der Waals surface area (Å²) >= 11 is 1.36. The number of nitrogens with zero attached hydrogens (tertiary/aromatic N) is 1. The van der Waals surface area contributed by atoms with E-state index in [0.29, 0.717) is 29.9 Å². The normalized spacial score (nSPS) is 19.9. The minimum absolute atomic E-state index is 0.0230. The Morgan fingerprint density at radius 1 is 1.09 bits per heavy atom. The number of rotatable bonds is 7. The summed E-state index contributed by atoms with van der Waals surface area (Å²) in [6.45, 7) is 2.10. The van der Waals surface area contributed by atoms with Crippen molar-refractivity contribution >= 4 is 44.7 Å². The van der Waals surface area contributed by atoms with Gasteiger partial charge in [-0.15, -0.1) is 11.3 Å². The molecular weight excluding hydrogens is 594 g/mol. The summed E-state index contributed by atoms with van der Waals surface area (Å²) in [5, 5.41) is 14.9. The number of carbonyl (C=O) groups excluding carboxylic acids is 3. The lowest BCUT2D eigenvalue weighted by molar-refractivity contribution is -0.152. The fourth-order valence-electron chi connectivity index (χ4n) is 5.66. The quantitative estimate of drug-likeness (QED) is 0.178. The summed E-state index contributed by atoms with van der Waals surface area (Å²) < 4.78 is 37.3. The lowest BCUT2D eigenvalue weighted by Crippen LogP contribution is -2.49. The molecular formula is C29H29N5O7S2. The zero-order chi connectivity index (χ0) is 30.5. The second kappa shape index (κ2) is 10.9. The molecule has 3 amide bonds. The van der Waals surface area contributed by atoms with Crippen molar-refractivity contribution in [3.63, 3.8) is 0 Å². The Bertz CT molecular complexity index is 1760. The van der Waals surface area contributed by atoms with Crippen molar-refractivity contribution in [2.45, 2.75) is 41.0 Å². The average Bonchev–Trinajstić information content (AvgIpc) is 3.78. The predicted molar refractivity (Wildman–Crippen MR) is 156 cm³/mol. The number of likely N-dealkylation sites (tertiary alicyclic amines) is 1. The molecule has 2 aromatic carbocycles. The van der Waals surface area contributed by atoms with Crippen molar-refractivity contribution in [3.05, 3.63) is 69.9 Å². The number of benzene rings is 2. The van der Waals surface area contributed by atoms with Crippen LogP contribution >= 0.6 is 11.3 Å². The van der Waals surface area contributed by atoms with Gasteiger partial charge in [0.1, 0.15) is 11.9 Å². The largest absolute Gasteiger partial charge is 0.384 e. The molecule has 2 atom stereocenters. The molecule has 0 aliphatic carbocycles. The summed E-state index contributed by atoms with van der Waals surface area (Å²) in [6, 6.07) is 11.3. The van der Waals surface area contributed by atoms with Crippen LogP contribution in [0.4, 0.5) is 0 Å². The van der Waals surface area contributed by atoms with E-state index in [-0.39, 0.29) is 34.2 Å². The number of fused-ring (bicyclic) bond motifs is 3. The number of sulfone groups is 1. The minimum Gasteiger partial charge on any atom is -0.384 e. The van der Waals surface area contributed by atoms with E-state index >= 15 is 0 Å². The Balaban J connectivity index is 1.15. The van der Waals surface area contributed by atoms with Crippen molar-refractivity contribution in [3.8, 4) is 11.1 Å². The number of amidine groups is 1. The molecule has 0 radical (unpaired) electrons. The molecule has 224 valence electrons. The van der Waals surface area contributed by atoms with Crippen LogP contribution in [-0.2, 0) is 28.9 Å². The SMILES string of the molecule is CC(NC(=O)[C@@H]1CC2(CN1C(=O)CNC(=O)c1ccc3c(c1)-c1ccccc1S3(=O)=O)OCCO2)c1cc(C(=N)N)cs1. The monoisotopic (exact) mass is 623 g/mol. The Morgan fingerprint density at radius 3 is 2.53 bits per heavy atom. The number of nitrogens with one attached hydrogen (secondary N) is 3. The van der Waals surface area contributed by atoms with E-state index in [9.17, 15) is 22.8 Å². The summed E-state index contributed by atoms with van der Waals surface area (Å²) in [6.07, 6.45) is 0.132. The van der Waals surface area contributed by atoms with E-state index in [1.807, 2.05) is 0 Å². The zero-order valence-corrected chi connectivity index (χ0v) is 24.7. The van der Waals surface area contributed by atoms with Gasteiger partial charge in [-0.2, -0.15) is 0 Å². The van der Waals surface area contributed by atoms with Crippen molar-refractivity contribution in [2.75, 3.05) is 26.3 Å². The van der Waals surface area contributed by atoms with Crippen LogP contribution < -0.4 is 16.4 Å². The molecule has 14 heteroatoms. The highest BCUT2D eigenvalue weighted by atomic mass is 32.2.